The van der Waals surface area contributed by atoms with Crippen molar-refractivity contribution in [2.45, 2.75) is 52.0 Å². The summed E-state index contributed by atoms with van der Waals surface area (Å²) in [6, 6.07) is 8.58. The van der Waals surface area contributed by atoms with E-state index in [1.165, 1.54) is 23.6 Å². The number of fused-ring (bicyclic) bond motifs is 3. The summed E-state index contributed by atoms with van der Waals surface area (Å²) < 4.78 is 2.14. The van der Waals surface area contributed by atoms with Gasteiger partial charge in [-0.25, -0.2) is 0 Å². The summed E-state index contributed by atoms with van der Waals surface area (Å²) in [5, 5.41) is 13.5. The molecule has 0 radical (unpaired) electrons. The Bertz CT molecular complexity index is 1130. The third-order valence-corrected chi connectivity index (χ3v) is 7.39. The van der Waals surface area contributed by atoms with Gasteiger partial charge in [-0.05, 0) is 49.9 Å². The Kier molecular flexibility index (Phi) is 4.43. The van der Waals surface area contributed by atoms with E-state index in [1.807, 2.05) is 6.07 Å². The number of rotatable bonds is 5. The average Bonchev–Trinajstić information content (AvgIpc) is 3.10. The molecule has 2 aromatic rings. The van der Waals surface area contributed by atoms with Crippen molar-refractivity contribution in [2.24, 2.45) is 10.6 Å². The number of nitrogens with zero attached hydrogens (tertiary/aromatic N) is 3. The van der Waals surface area contributed by atoms with E-state index in [0.29, 0.717) is 5.70 Å². The van der Waals surface area contributed by atoms with Crippen LogP contribution in [-0.2, 0) is 16.0 Å². The highest BCUT2D eigenvalue weighted by Gasteiger charge is 2.50. The summed E-state index contributed by atoms with van der Waals surface area (Å²) in [7, 11) is 0. The number of hydrogen-bond donors (Lipinski definition) is 1. The normalized spacial score (nSPS) is 25.7. The van der Waals surface area contributed by atoms with E-state index < -0.39 is 0 Å². The van der Waals surface area contributed by atoms with Crippen molar-refractivity contribution in [3.63, 3.8) is 0 Å². The maximum atomic E-state index is 13.5. The van der Waals surface area contributed by atoms with Crippen LogP contribution in [0.2, 0.25) is 0 Å². The fourth-order valence-corrected chi connectivity index (χ4v) is 5.96. The van der Waals surface area contributed by atoms with Crippen LogP contribution in [0.4, 0.5) is 0 Å². The van der Waals surface area contributed by atoms with Gasteiger partial charge in [0.2, 0.25) is 0 Å². The molecule has 30 heavy (non-hydrogen) atoms. The van der Waals surface area contributed by atoms with Gasteiger partial charge in [0, 0.05) is 30.0 Å². The Morgan fingerprint density at radius 2 is 2.07 bits per heavy atom. The molecule has 1 fully saturated rings. The maximum absolute atomic E-state index is 13.5. The van der Waals surface area contributed by atoms with E-state index in [2.05, 4.69) is 45.8 Å². The van der Waals surface area contributed by atoms with Crippen LogP contribution in [0.15, 0.2) is 35.5 Å². The molecule has 3 aliphatic rings. The molecule has 6 nitrogen and oxygen atoms in total. The maximum Gasteiger partial charge on any atom is 0.185 e. The molecule has 3 aliphatic heterocycles. The first-order valence-electron chi connectivity index (χ1n) is 10.9. The quantitative estimate of drug-likeness (QED) is 0.464. The molecule has 2 atom stereocenters. The second kappa shape index (κ2) is 6.91. The molecule has 0 bridgehead atoms. The molecular weight excluding hydrogens is 378 g/mol. The van der Waals surface area contributed by atoms with Gasteiger partial charge < -0.3 is 9.77 Å². The minimum absolute atomic E-state index is 0.0878. The lowest BCUT2D eigenvalue weighted by molar-refractivity contribution is -0.115. The predicted octanol–water partition coefficient (Wildman–Crippen LogP) is 3.96. The number of hydrogen-bond acceptors (Lipinski definition) is 5. The molecular formula is C24H27N3O3. The Labute approximate surface area is 175 Å². The van der Waals surface area contributed by atoms with Crippen molar-refractivity contribution >= 4 is 33.9 Å². The molecule has 1 saturated heterocycles. The van der Waals surface area contributed by atoms with Crippen molar-refractivity contribution in [1.29, 1.82) is 0 Å². The van der Waals surface area contributed by atoms with Crippen molar-refractivity contribution < 1.29 is 14.8 Å². The van der Waals surface area contributed by atoms with Crippen LogP contribution < -0.4 is 0 Å². The van der Waals surface area contributed by atoms with Crippen LogP contribution >= 0.6 is 0 Å². The number of para-hydroxylation sites is 1. The molecule has 5 rings (SSSR count). The summed E-state index contributed by atoms with van der Waals surface area (Å²) in [5.74, 6) is -0.552. The van der Waals surface area contributed by atoms with Gasteiger partial charge in [0.05, 0.1) is 23.7 Å². The summed E-state index contributed by atoms with van der Waals surface area (Å²) in [6.07, 6.45) is 6.10. The average molecular weight is 405 g/mol. The largest absolute Gasteiger partial charge is 0.411 e. The second-order valence-electron chi connectivity index (χ2n) is 8.83. The Balaban J connectivity index is 1.76. The fraction of sp³-hybridized carbons (Fsp3) is 0.458. The van der Waals surface area contributed by atoms with Gasteiger partial charge in [0.1, 0.15) is 5.71 Å². The molecule has 156 valence electrons. The molecule has 0 amide bonds. The van der Waals surface area contributed by atoms with Gasteiger partial charge in [-0.2, -0.15) is 0 Å². The first-order chi connectivity index (χ1) is 14.5. The van der Waals surface area contributed by atoms with E-state index in [1.54, 1.807) is 0 Å². The molecule has 6 heteroatoms. The monoisotopic (exact) mass is 405 g/mol. The zero-order chi connectivity index (χ0) is 21.0. The molecule has 1 N–H and O–H groups in total. The number of aromatic nitrogens is 1. The number of oxime groups is 1. The molecule has 1 aromatic heterocycles. The number of piperidine rings is 1. The van der Waals surface area contributed by atoms with Gasteiger partial charge in [0.15, 0.2) is 11.6 Å². The van der Waals surface area contributed by atoms with Crippen molar-refractivity contribution in [3.8, 4) is 0 Å². The van der Waals surface area contributed by atoms with Gasteiger partial charge >= 0.3 is 0 Å². The third kappa shape index (κ3) is 2.56. The summed E-state index contributed by atoms with van der Waals surface area (Å²) in [6.45, 7) is 5.68. The molecule has 0 unspecified atom stereocenters. The van der Waals surface area contributed by atoms with Crippen LogP contribution in [0.1, 0.15) is 56.8 Å². The van der Waals surface area contributed by atoms with Crippen LogP contribution in [0, 0.1) is 5.41 Å². The number of Topliss-reactive ketones (excluding diaryl/α,β-unsaturated/α-hetero) is 2. The molecule has 0 saturated carbocycles. The minimum atomic E-state index is -0.381. The molecule has 1 aromatic carbocycles. The number of benzene rings is 1. The zero-order valence-corrected chi connectivity index (χ0v) is 17.5. The van der Waals surface area contributed by atoms with Crippen LogP contribution in [0.5, 0.6) is 0 Å². The van der Waals surface area contributed by atoms with Gasteiger partial charge in [-0.15, -0.1) is 0 Å². The van der Waals surface area contributed by atoms with Crippen LogP contribution in [0.3, 0.4) is 0 Å². The standard InChI is InChI=1S/C24H27N3O3/c1-3-24-10-6-11-26-12-9-17-16-7-4-5-8-19(16)27(22(17)23(24)26)20(14-24)21(29)13-18(25-30)15(2)28/h4-5,7-8,14,23,30H,3,6,9-13H2,1-2H3/b25-18+/t23-,24+/m1/s1. The van der Waals surface area contributed by atoms with E-state index >= 15 is 0 Å². The highest BCUT2D eigenvalue weighted by atomic mass is 16.4. The van der Waals surface area contributed by atoms with Gasteiger partial charge in [-0.1, -0.05) is 30.3 Å². The lowest BCUT2D eigenvalue weighted by Gasteiger charge is -2.53. The Hall–Kier alpha value is -2.73. The minimum Gasteiger partial charge on any atom is -0.411 e. The third-order valence-electron chi connectivity index (χ3n) is 7.39. The SMILES string of the molecule is CC[C@@]12C=C(C(=O)C/C(=N\O)C(C)=O)n3c4c(c5ccccc53)CCN(CCC1)[C@H]42. The van der Waals surface area contributed by atoms with Gasteiger partial charge in [-0.3, -0.25) is 14.5 Å². The van der Waals surface area contributed by atoms with E-state index in [9.17, 15) is 14.8 Å². The van der Waals surface area contributed by atoms with Crippen LogP contribution in [-0.4, -0.2) is 45.0 Å². The number of carbonyl (C=O) groups excluding carboxylic acids is 2. The van der Waals surface area contributed by atoms with Gasteiger partial charge in [0.25, 0.3) is 0 Å². The first-order valence-corrected chi connectivity index (χ1v) is 10.9. The van der Waals surface area contributed by atoms with E-state index in [-0.39, 0.29) is 35.2 Å². The molecule has 0 aliphatic carbocycles. The smallest absolute Gasteiger partial charge is 0.185 e. The lowest BCUT2D eigenvalue weighted by atomic mass is 9.66. The highest BCUT2D eigenvalue weighted by Crippen LogP contribution is 2.57. The summed E-state index contributed by atoms with van der Waals surface area (Å²) in [4.78, 5) is 27.8. The molecule has 4 heterocycles. The Morgan fingerprint density at radius 1 is 1.27 bits per heavy atom. The van der Waals surface area contributed by atoms with E-state index in [0.717, 1.165) is 44.3 Å². The summed E-state index contributed by atoms with van der Waals surface area (Å²) >= 11 is 0. The topological polar surface area (TPSA) is 74.9 Å². The second-order valence-corrected chi connectivity index (χ2v) is 8.83. The van der Waals surface area contributed by atoms with E-state index in [4.69, 9.17) is 0 Å². The van der Waals surface area contributed by atoms with Crippen molar-refractivity contribution in [2.75, 3.05) is 13.1 Å². The number of ketones is 2. The first kappa shape index (κ1) is 19.2. The highest BCUT2D eigenvalue weighted by molar-refractivity contribution is 6.44. The van der Waals surface area contributed by atoms with Crippen LogP contribution in [0.25, 0.3) is 16.6 Å². The molecule has 0 spiro atoms. The zero-order valence-electron chi connectivity index (χ0n) is 17.5. The predicted molar refractivity (Wildman–Crippen MR) is 116 cm³/mol. The number of allylic oxidation sites excluding steroid dienone is 1. The number of carbonyl (C=O) groups is 2. The Morgan fingerprint density at radius 3 is 2.80 bits per heavy atom. The van der Waals surface area contributed by atoms with Crippen molar-refractivity contribution in [3.05, 3.63) is 41.6 Å². The fourth-order valence-electron chi connectivity index (χ4n) is 5.96. The lowest BCUT2D eigenvalue weighted by Crippen LogP contribution is -2.51. The summed E-state index contributed by atoms with van der Waals surface area (Å²) in [5.41, 5.74) is 4.09. The van der Waals surface area contributed by atoms with Crippen molar-refractivity contribution in [1.82, 2.24) is 9.47 Å².